The van der Waals surface area contributed by atoms with Gasteiger partial charge in [-0.1, -0.05) is 13.3 Å². The van der Waals surface area contributed by atoms with E-state index in [4.69, 9.17) is 9.84 Å². The molecule has 19 heavy (non-hydrogen) atoms. The zero-order valence-corrected chi connectivity index (χ0v) is 10.8. The van der Waals surface area contributed by atoms with Crippen LogP contribution in [0.3, 0.4) is 0 Å². The van der Waals surface area contributed by atoms with Gasteiger partial charge in [-0.15, -0.1) is 0 Å². The first-order valence-electron chi connectivity index (χ1n) is 6.06. The van der Waals surface area contributed by atoms with Crippen molar-refractivity contribution in [1.29, 1.82) is 0 Å². The molecule has 0 bridgehead atoms. The minimum atomic E-state index is -1.16. The van der Waals surface area contributed by atoms with Crippen molar-refractivity contribution in [1.82, 2.24) is 0 Å². The summed E-state index contributed by atoms with van der Waals surface area (Å²) in [5.41, 5.74) is 0.586. The predicted octanol–water partition coefficient (Wildman–Crippen LogP) is 2.44. The van der Waals surface area contributed by atoms with Crippen molar-refractivity contribution in [2.45, 2.75) is 19.8 Å². The number of carboxylic acid groups (broad SMARTS) is 1. The lowest BCUT2D eigenvalue weighted by molar-refractivity contribution is -0.131. The standard InChI is InChI=1S/C14H17NO4/c1-2-3-10-19-12-6-4-11(5-7-12)15-13(16)8-9-14(17)18/h4-9H,2-3,10H2,1H3,(H,15,16)(H,17,18)/b9-8+. The molecular formula is C14H17NO4. The number of unbranched alkanes of at least 4 members (excludes halogenated alkanes) is 1. The molecule has 5 nitrogen and oxygen atoms in total. The Balaban J connectivity index is 2.47. The van der Waals surface area contributed by atoms with Crippen LogP contribution in [0.4, 0.5) is 5.69 Å². The topological polar surface area (TPSA) is 75.6 Å². The Morgan fingerprint density at radius 3 is 2.53 bits per heavy atom. The Kier molecular flexibility index (Phi) is 6.15. The largest absolute Gasteiger partial charge is 0.494 e. The number of hydrogen-bond acceptors (Lipinski definition) is 3. The number of amides is 1. The molecule has 2 N–H and O–H groups in total. The maximum Gasteiger partial charge on any atom is 0.328 e. The number of ether oxygens (including phenoxy) is 1. The second-order valence-corrected chi connectivity index (χ2v) is 3.89. The maximum atomic E-state index is 11.3. The van der Waals surface area contributed by atoms with E-state index < -0.39 is 11.9 Å². The molecule has 0 unspecified atom stereocenters. The second kappa shape index (κ2) is 7.92. The highest BCUT2D eigenvalue weighted by Crippen LogP contribution is 2.16. The molecule has 102 valence electrons. The van der Waals surface area contributed by atoms with Crippen LogP contribution in [-0.2, 0) is 9.59 Å². The lowest BCUT2D eigenvalue weighted by atomic mass is 10.3. The van der Waals surface area contributed by atoms with Crippen molar-refractivity contribution in [3.63, 3.8) is 0 Å². The van der Waals surface area contributed by atoms with E-state index in [1.54, 1.807) is 24.3 Å². The van der Waals surface area contributed by atoms with E-state index in [2.05, 4.69) is 12.2 Å². The number of benzene rings is 1. The summed E-state index contributed by atoms with van der Waals surface area (Å²) in [6, 6.07) is 6.92. The van der Waals surface area contributed by atoms with E-state index in [0.29, 0.717) is 12.3 Å². The van der Waals surface area contributed by atoms with E-state index in [1.807, 2.05) is 0 Å². The number of aliphatic carboxylic acids is 1. The fourth-order valence-electron chi connectivity index (χ4n) is 1.30. The van der Waals surface area contributed by atoms with Gasteiger partial charge in [-0.25, -0.2) is 4.79 Å². The highest BCUT2D eigenvalue weighted by atomic mass is 16.5. The average molecular weight is 263 g/mol. The van der Waals surface area contributed by atoms with E-state index in [1.165, 1.54) is 0 Å². The fourth-order valence-corrected chi connectivity index (χ4v) is 1.30. The molecule has 0 heterocycles. The Labute approximate surface area is 111 Å². The highest BCUT2D eigenvalue weighted by molar-refractivity contribution is 6.02. The van der Waals surface area contributed by atoms with Gasteiger partial charge in [0, 0.05) is 17.8 Å². The van der Waals surface area contributed by atoms with Crippen LogP contribution in [0.5, 0.6) is 5.75 Å². The zero-order valence-electron chi connectivity index (χ0n) is 10.8. The first-order valence-corrected chi connectivity index (χ1v) is 6.06. The summed E-state index contributed by atoms with van der Waals surface area (Å²) in [6.07, 6.45) is 3.83. The van der Waals surface area contributed by atoms with Crippen LogP contribution in [0.1, 0.15) is 19.8 Å². The van der Waals surface area contributed by atoms with Crippen LogP contribution < -0.4 is 10.1 Å². The minimum Gasteiger partial charge on any atom is -0.494 e. The molecule has 0 atom stereocenters. The first-order chi connectivity index (χ1) is 9.11. The van der Waals surface area contributed by atoms with Gasteiger partial charge in [0.25, 0.3) is 0 Å². The predicted molar refractivity (Wildman–Crippen MR) is 72.3 cm³/mol. The Hall–Kier alpha value is -2.30. The van der Waals surface area contributed by atoms with E-state index in [-0.39, 0.29) is 0 Å². The molecule has 0 aliphatic carbocycles. The van der Waals surface area contributed by atoms with Crippen LogP contribution in [0.25, 0.3) is 0 Å². The monoisotopic (exact) mass is 263 g/mol. The van der Waals surface area contributed by atoms with Gasteiger partial charge in [0.15, 0.2) is 0 Å². The van der Waals surface area contributed by atoms with Crippen molar-refractivity contribution in [3.8, 4) is 5.75 Å². The van der Waals surface area contributed by atoms with Crippen molar-refractivity contribution in [2.24, 2.45) is 0 Å². The summed E-state index contributed by atoms with van der Waals surface area (Å²) in [5, 5.41) is 10.9. The molecule has 1 aromatic carbocycles. The normalized spacial score (nSPS) is 10.4. The van der Waals surface area contributed by atoms with Gasteiger partial charge in [-0.3, -0.25) is 4.79 Å². The van der Waals surface area contributed by atoms with Crippen molar-refractivity contribution in [2.75, 3.05) is 11.9 Å². The SMILES string of the molecule is CCCCOc1ccc(NC(=O)/C=C/C(=O)O)cc1. The number of nitrogens with one attached hydrogen (secondary N) is 1. The lowest BCUT2D eigenvalue weighted by Gasteiger charge is -2.06. The van der Waals surface area contributed by atoms with Gasteiger partial charge in [0.05, 0.1) is 6.61 Å². The number of hydrogen-bond donors (Lipinski definition) is 2. The number of anilines is 1. The lowest BCUT2D eigenvalue weighted by Crippen LogP contribution is -2.08. The van der Waals surface area contributed by atoms with Gasteiger partial charge >= 0.3 is 5.97 Å². The molecule has 0 aliphatic heterocycles. The van der Waals surface area contributed by atoms with Crippen LogP contribution in [0, 0.1) is 0 Å². The molecule has 1 rings (SSSR count). The van der Waals surface area contributed by atoms with Gasteiger partial charge in [-0.2, -0.15) is 0 Å². The quantitative estimate of drug-likeness (QED) is 0.585. The molecule has 1 amide bonds. The molecule has 0 spiro atoms. The van der Waals surface area contributed by atoms with Gasteiger partial charge < -0.3 is 15.2 Å². The maximum absolute atomic E-state index is 11.3. The van der Waals surface area contributed by atoms with E-state index in [0.717, 1.165) is 30.7 Å². The van der Waals surface area contributed by atoms with Crippen LogP contribution in [0.15, 0.2) is 36.4 Å². The number of carboxylic acids is 1. The van der Waals surface area contributed by atoms with Crippen molar-refractivity contribution < 1.29 is 19.4 Å². The summed E-state index contributed by atoms with van der Waals surface area (Å²) < 4.78 is 5.48. The second-order valence-electron chi connectivity index (χ2n) is 3.89. The molecule has 0 saturated heterocycles. The number of carbonyl (C=O) groups is 2. The summed E-state index contributed by atoms with van der Waals surface area (Å²) in [7, 11) is 0. The van der Waals surface area contributed by atoms with Gasteiger partial charge in [0.1, 0.15) is 5.75 Å². The molecule has 0 radical (unpaired) electrons. The summed E-state index contributed by atoms with van der Waals surface area (Å²) in [5.74, 6) is -0.899. The van der Waals surface area contributed by atoms with E-state index in [9.17, 15) is 9.59 Å². The molecule has 0 aliphatic rings. The van der Waals surface area contributed by atoms with Crippen LogP contribution in [0.2, 0.25) is 0 Å². The first kappa shape index (κ1) is 14.8. The third-order valence-electron chi connectivity index (χ3n) is 2.27. The third-order valence-corrected chi connectivity index (χ3v) is 2.27. The molecule has 1 aromatic rings. The summed E-state index contributed by atoms with van der Waals surface area (Å²) >= 11 is 0. The summed E-state index contributed by atoms with van der Waals surface area (Å²) in [6.45, 7) is 2.76. The Morgan fingerprint density at radius 2 is 1.95 bits per heavy atom. The van der Waals surface area contributed by atoms with Crippen molar-refractivity contribution >= 4 is 17.6 Å². The van der Waals surface area contributed by atoms with Crippen molar-refractivity contribution in [3.05, 3.63) is 36.4 Å². The number of rotatable bonds is 7. The molecule has 0 aromatic heterocycles. The molecule has 0 fully saturated rings. The Morgan fingerprint density at radius 1 is 1.26 bits per heavy atom. The Bertz CT molecular complexity index is 451. The average Bonchev–Trinajstić information content (AvgIpc) is 2.39. The smallest absolute Gasteiger partial charge is 0.328 e. The fraction of sp³-hybridized carbons (Fsp3) is 0.286. The zero-order chi connectivity index (χ0) is 14.1. The highest BCUT2D eigenvalue weighted by Gasteiger charge is 1.99. The van der Waals surface area contributed by atoms with Crippen LogP contribution >= 0.6 is 0 Å². The number of carbonyl (C=O) groups excluding carboxylic acids is 1. The van der Waals surface area contributed by atoms with Gasteiger partial charge in [0.2, 0.25) is 5.91 Å². The van der Waals surface area contributed by atoms with Gasteiger partial charge in [-0.05, 0) is 30.7 Å². The van der Waals surface area contributed by atoms with E-state index >= 15 is 0 Å². The molecular weight excluding hydrogens is 246 g/mol. The van der Waals surface area contributed by atoms with Crippen LogP contribution in [-0.4, -0.2) is 23.6 Å². The molecule has 5 heteroatoms. The molecule has 0 saturated carbocycles. The summed E-state index contributed by atoms with van der Waals surface area (Å²) in [4.78, 5) is 21.6. The minimum absolute atomic E-state index is 0.484. The third kappa shape index (κ3) is 6.26.